The molecule has 0 spiro atoms. The fourth-order valence-corrected chi connectivity index (χ4v) is 2.62. The Morgan fingerprint density at radius 1 is 1.43 bits per heavy atom. The second kappa shape index (κ2) is 7.84. The maximum atomic E-state index is 11.9. The standard InChI is InChI=1S/C14H12BrN3O4S/c1-9(22-12-5-3-2-4-11(12)15)14(19)17-16-8-10-6-7-13(23-10)18(20)21/h2-9H,1H3,(H,17,19)/b16-8+. The molecule has 1 aromatic carbocycles. The van der Waals surface area contributed by atoms with E-state index in [1.807, 2.05) is 12.1 Å². The van der Waals surface area contributed by atoms with Crippen molar-refractivity contribution in [3.8, 4) is 5.75 Å². The van der Waals surface area contributed by atoms with Crippen LogP contribution >= 0.6 is 27.3 Å². The van der Waals surface area contributed by atoms with Gasteiger partial charge in [0.1, 0.15) is 5.75 Å². The third-order valence-electron chi connectivity index (χ3n) is 2.67. The van der Waals surface area contributed by atoms with E-state index in [0.29, 0.717) is 10.6 Å². The highest BCUT2D eigenvalue weighted by Crippen LogP contribution is 2.25. The average Bonchev–Trinajstić information content (AvgIpc) is 2.98. The zero-order chi connectivity index (χ0) is 16.8. The smallest absolute Gasteiger partial charge is 0.324 e. The molecule has 0 fully saturated rings. The van der Waals surface area contributed by atoms with Crippen molar-refractivity contribution in [2.75, 3.05) is 0 Å². The molecule has 9 heteroatoms. The molecule has 0 saturated carbocycles. The number of para-hydroxylation sites is 1. The van der Waals surface area contributed by atoms with Crippen molar-refractivity contribution in [1.29, 1.82) is 0 Å². The summed E-state index contributed by atoms with van der Waals surface area (Å²) in [5.74, 6) is 0.121. The summed E-state index contributed by atoms with van der Waals surface area (Å²) >= 11 is 4.30. The maximum Gasteiger partial charge on any atom is 0.324 e. The Hall–Kier alpha value is -2.26. The van der Waals surface area contributed by atoms with Crippen LogP contribution in [-0.4, -0.2) is 23.1 Å². The number of benzene rings is 1. The zero-order valence-electron chi connectivity index (χ0n) is 11.9. The third kappa shape index (κ3) is 4.86. The quantitative estimate of drug-likeness (QED) is 0.459. The molecule has 1 heterocycles. The summed E-state index contributed by atoms with van der Waals surface area (Å²) in [5.41, 5.74) is 2.34. The minimum Gasteiger partial charge on any atom is -0.480 e. The molecule has 0 bridgehead atoms. The van der Waals surface area contributed by atoms with E-state index < -0.39 is 16.9 Å². The Morgan fingerprint density at radius 2 is 2.17 bits per heavy atom. The first-order valence-corrected chi connectivity index (χ1v) is 8.06. The number of hydrogen-bond donors (Lipinski definition) is 1. The lowest BCUT2D eigenvalue weighted by molar-refractivity contribution is -0.380. The van der Waals surface area contributed by atoms with Gasteiger partial charge in [0.15, 0.2) is 6.10 Å². The van der Waals surface area contributed by atoms with E-state index in [4.69, 9.17) is 4.74 Å². The number of hydrogen-bond acceptors (Lipinski definition) is 6. The summed E-state index contributed by atoms with van der Waals surface area (Å²) in [6, 6.07) is 10.1. The van der Waals surface area contributed by atoms with E-state index in [9.17, 15) is 14.9 Å². The molecule has 2 aromatic rings. The molecule has 1 aromatic heterocycles. The van der Waals surface area contributed by atoms with Crippen molar-refractivity contribution in [2.24, 2.45) is 5.10 Å². The van der Waals surface area contributed by atoms with Gasteiger partial charge >= 0.3 is 5.00 Å². The molecule has 1 amide bonds. The van der Waals surface area contributed by atoms with Crippen molar-refractivity contribution in [1.82, 2.24) is 5.43 Å². The van der Waals surface area contributed by atoms with Crippen LogP contribution in [0.2, 0.25) is 0 Å². The number of hydrazone groups is 1. The number of ether oxygens (including phenoxy) is 1. The SMILES string of the molecule is CC(Oc1ccccc1Br)C(=O)N/N=C/c1ccc([N+](=O)[O-])s1. The van der Waals surface area contributed by atoms with Crippen molar-refractivity contribution < 1.29 is 14.5 Å². The average molecular weight is 398 g/mol. The molecular formula is C14H12BrN3O4S. The van der Waals surface area contributed by atoms with E-state index in [1.165, 1.54) is 12.3 Å². The summed E-state index contributed by atoms with van der Waals surface area (Å²) in [5, 5.41) is 14.4. The van der Waals surface area contributed by atoms with Crippen molar-refractivity contribution in [3.63, 3.8) is 0 Å². The van der Waals surface area contributed by atoms with Gasteiger partial charge in [-0.2, -0.15) is 5.10 Å². The monoisotopic (exact) mass is 397 g/mol. The molecule has 0 aliphatic rings. The van der Waals surface area contributed by atoms with Crippen LogP contribution in [0, 0.1) is 10.1 Å². The number of halogens is 1. The highest BCUT2D eigenvalue weighted by molar-refractivity contribution is 9.10. The van der Waals surface area contributed by atoms with E-state index in [0.717, 1.165) is 15.8 Å². The van der Waals surface area contributed by atoms with Gasteiger partial charge < -0.3 is 4.74 Å². The molecular weight excluding hydrogens is 386 g/mol. The van der Waals surface area contributed by atoms with Gasteiger partial charge in [0.2, 0.25) is 0 Å². The molecule has 1 atom stereocenters. The molecule has 7 nitrogen and oxygen atoms in total. The number of nitrogens with one attached hydrogen (secondary N) is 1. The summed E-state index contributed by atoms with van der Waals surface area (Å²) in [6.07, 6.45) is 0.601. The number of amides is 1. The first-order chi connectivity index (χ1) is 11.0. The van der Waals surface area contributed by atoms with Crippen LogP contribution in [0.1, 0.15) is 11.8 Å². The molecule has 23 heavy (non-hydrogen) atoms. The number of carbonyl (C=O) groups is 1. The highest BCUT2D eigenvalue weighted by atomic mass is 79.9. The molecule has 0 aliphatic heterocycles. The molecule has 1 N–H and O–H groups in total. The van der Waals surface area contributed by atoms with Gasteiger partial charge in [-0.15, -0.1) is 0 Å². The highest BCUT2D eigenvalue weighted by Gasteiger charge is 2.15. The van der Waals surface area contributed by atoms with Gasteiger partial charge in [-0.1, -0.05) is 23.5 Å². The summed E-state index contributed by atoms with van der Waals surface area (Å²) in [4.78, 5) is 22.5. The predicted octanol–water partition coefficient (Wildman–Crippen LogP) is 3.34. The molecule has 0 radical (unpaired) electrons. The summed E-state index contributed by atoms with van der Waals surface area (Å²) in [7, 11) is 0. The fraction of sp³-hybridized carbons (Fsp3) is 0.143. The van der Waals surface area contributed by atoms with Crippen LogP contribution in [0.4, 0.5) is 5.00 Å². The second-order valence-electron chi connectivity index (χ2n) is 4.36. The Balaban J connectivity index is 1.89. The lowest BCUT2D eigenvalue weighted by atomic mass is 10.3. The number of carbonyl (C=O) groups excluding carboxylic acids is 1. The molecule has 2 rings (SSSR count). The van der Waals surface area contributed by atoms with Crippen LogP contribution in [-0.2, 0) is 4.79 Å². The van der Waals surface area contributed by atoms with E-state index >= 15 is 0 Å². The summed E-state index contributed by atoms with van der Waals surface area (Å²) in [6.45, 7) is 1.60. The first kappa shape index (κ1) is 17.1. The Morgan fingerprint density at radius 3 is 2.83 bits per heavy atom. The minimum atomic E-state index is -0.747. The number of nitrogens with zero attached hydrogens (tertiary/aromatic N) is 2. The van der Waals surface area contributed by atoms with Crippen LogP contribution in [0.25, 0.3) is 0 Å². The molecule has 120 valence electrons. The van der Waals surface area contributed by atoms with Gasteiger partial charge in [-0.25, -0.2) is 5.43 Å². The largest absolute Gasteiger partial charge is 0.480 e. The van der Waals surface area contributed by atoms with E-state index in [2.05, 4.69) is 26.5 Å². The van der Waals surface area contributed by atoms with Gasteiger partial charge in [-0.3, -0.25) is 14.9 Å². The van der Waals surface area contributed by atoms with Crippen molar-refractivity contribution >= 4 is 44.4 Å². The Labute approximate surface area is 144 Å². The van der Waals surface area contributed by atoms with Crippen molar-refractivity contribution in [3.05, 3.63) is 55.9 Å². The second-order valence-corrected chi connectivity index (χ2v) is 6.31. The van der Waals surface area contributed by atoms with Crippen molar-refractivity contribution in [2.45, 2.75) is 13.0 Å². The number of rotatable bonds is 6. The predicted molar refractivity (Wildman–Crippen MR) is 90.9 cm³/mol. The van der Waals surface area contributed by atoms with Gasteiger partial charge in [0, 0.05) is 6.07 Å². The van der Waals surface area contributed by atoms with E-state index in [1.54, 1.807) is 25.1 Å². The normalized spacial score (nSPS) is 12.1. The Kier molecular flexibility index (Phi) is 5.83. The molecule has 1 unspecified atom stereocenters. The third-order valence-corrected chi connectivity index (χ3v) is 4.30. The van der Waals surface area contributed by atoms with Crippen LogP contribution in [0.15, 0.2) is 46.0 Å². The van der Waals surface area contributed by atoms with E-state index in [-0.39, 0.29) is 5.00 Å². The van der Waals surface area contributed by atoms with Gasteiger partial charge in [0.25, 0.3) is 5.91 Å². The molecule has 0 aliphatic carbocycles. The Bertz CT molecular complexity index is 747. The topological polar surface area (TPSA) is 93.8 Å². The van der Waals surface area contributed by atoms with Gasteiger partial charge in [0.05, 0.1) is 20.5 Å². The lowest BCUT2D eigenvalue weighted by Gasteiger charge is -2.13. The number of nitro groups is 1. The van der Waals surface area contributed by atoms with Crippen LogP contribution in [0.5, 0.6) is 5.75 Å². The molecule has 0 saturated heterocycles. The van der Waals surface area contributed by atoms with Crippen LogP contribution < -0.4 is 10.2 Å². The first-order valence-electron chi connectivity index (χ1n) is 6.45. The summed E-state index contributed by atoms with van der Waals surface area (Å²) < 4.78 is 6.27. The maximum absolute atomic E-state index is 11.9. The zero-order valence-corrected chi connectivity index (χ0v) is 14.3. The number of thiophene rings is 1. The van der Waals surface area contributed by atoms with Gasteiger partial charge in [-0.05, 0) is 41.1 Å². The lowest BCUT2D eigenvalue weighted by Crippen LogP contribution is -2.33. The minimum absolute atomic E-state index is 0.0170. The fourth-order valence-electron chi connectivity index (χ4n) is 1.54. The van der Waals surface area contributed by atoms with Crippen LogP contribution in [0.3, 0.4) is 0 Å².